The summed E-state index contributed by atoms with van der Waals surface area (Å²) in [5.41, 5.74) is 0.661. The van der Waals surface area contributed by atoms with Gasteiger partial charge in [0, 0.05) is 12.2 Å². The summed E-state index contributed by atoms with van der Waals surface area (Å²) in [5, 5.41) is 8.75. The summed E-state index contributed by atoms with van der Waals surface area (Å²) in [7, 11) is 2.94. The van der Waals surface area contributed by atoms with Gasteiger partial charge in [0.2, 0.25) is 0 Å². The Bertz CT molecular complexity index is 326. The molecule has 1 rings (SSSR count). The van der Waals surface area contributed by atoms with E-state index in [9.17, 15) is 4.39 Å². The minimum atomic E-state index is -0.411. The van der Waals surface area contributed by atoms with E-state index in [1.165, 1.54) is 20.3 Å². The molecule has 0 saturated carbocycles. The van der Waals surface area contributed by atoms with Crippen molar-refractivity contribution >= 4 is 0 Å². The molecule has 0 spiro atoms. The summed E-state index contributed by atoms with van der Waals surface area (Å²) in [6, 6.07) is 2.87. The highest BCUT2D eigenvalue weighted by Gasteiger charge is 2.14. The second-order valence-corrected chi connectivity index (χ2v) is 3.09. The predicted octanol–water partition coefficient (Wildman–Crippen LogP) is 1.77. The number of aliphatic hydroxyl groups is 1. The zero-order valence-corrected chi connectivity index (χ0v) is 8.92. The van der Waals surface area contributed by atoms with E-state index in [-0.39, 0.29) is 12.4 Å². The Kier molecular flexibility index (Phi) is 4.37. The third-order valence-electron chi connectivity index (χ3n) is 2.18. The summed E-state index contributed by atoms with van der Waals surface area (Å²) in [5.74, 6) is 0.371. The van der Waals surface area contributed by atoms with Crippen LogP contribution >= 0.6 is 0 Å². The van der Waals surface area contributed by atoms with Gasteiger partial charge in [-0.25, -0.2) is 4.39 Å². The van der Waals surface area contributed by atoms with Crippen molar-refractivity contribution in [3.63, 3.8) is 0 Å². The lowest BCUT2D eigenvalue weighted by Gasteiger charge is -2.13. The van der Waals surface area contributed by atoms with E-state index < -0.39 is 5.82 Å². The maximum atomic E-state index is 13.4. The first-order valence-corrected chi connectivity index (χ1v) is 4.74. The molecule has 0 aliphatic carbocycles. The average molecular weight is 214 g/mol. The minimum Gasteiger partial charge on any atom is -0.496 e. The van der Waals surface area contributed by atoms with Crippen LogP contribution in [0.2, 0.25) is 0 Å². The fraction of sp³-hybridized carbons (Fsp3) is 0.455. The topological polar surface area (TPSA) is 38.7 Å². The van der Waals surface area contributed by atoms with Gasteiger partial charge in [0.15, 0.2) is 11.6 Å². The minimum absolute atomic E-state index is 0.0584. The standard InChI is InChI=1S/C11H15FO3/c1-14-10-6-5-9(12)11(15-2)8(10)4-3-7-13/h5-6,13H,3-4,7H2,1-2H3. The molecule has 1 aromatic rings. The highest BCUT2D eigenvalue weighted by molar-refractivity contribution is 5.45. The quantitative estimate of drug-likeness (QED) is 0.811. The van der Waals surface area contributed by atoms with Gasteiger partial charge in [-0.05, 0) is 25.0 Å². The monoisotopic (exact) mass is 214 g/mol. The summed E-state index contributed by atoms with van der Waals surface area (Å²) in [4.78, 5) is 0. The number of rotatable bonds is 5. The van der Waals surface area contributed by atoms with Gasteiger partial charge in [-0.3, -0.25) is 0 Å². The average Bonchev–Trinajstić information content (AvgIpc) is 2.26. The van der Waals surface area contributed by atoms with Crippen LogP contribution in [0.3, 0.4) is 0 Å². The lowest BCUT2D eigenvalue weighted by atomic mass is 10.1. The van der Waals surface area contributed by atoms with E-state index in [1.54, 1.807) is 6.07 Å². The molecule has 0 aliphatic rings. The SMILES string of the molecule is COc1ccc(F)c(OC)c1CCCO. The fourth-order valence-corrected chi connectivity index (χ4v) is 1.49. The number of methoxy groups -OCH3 is 2. The van der Waals surface area contributed by atoms with Gasteiger partial charge in [-0.15, -0.1) is 0 Å². The van der Waals surface area contributed by atoms with Crippen LogP contribution in [0.25, 0.3) is 0 Å². The Morgan fingerprint density at radius 3 is 2.53 bits per heavy atom. The van der Waals surface area contributed by atoms with Gasteiger partial charge in [0.25, 0.3) is 0 Å². The summed E-state index contributed by atoms with van der Waals surface area (Å²) in [6.45, 7) is 0.0584. The van der Waals surface area contributed by atoms with Crippen molar-refractivity contribution in [3.8, 4) is 11.5 Å². The van der Waals surface area contributed by atoms with Crippen molar-refractivity contribution in [3.05, 3.63) is 23.5 Å². The van der Waals surface area contributed by atoms with Gasteiger partial charge in [-0.2, -0.15) is 0 Å². The Labute approximate surface area is 88.4 Å². The van der Waals surface area contributed by atoms with E-state index in [4.69, 9.17) is 14.6 Å². The molecule has 0 bridgehead atoms. The van der Waals surface area contributed by atoms with Gasteiger partial charge in [0.05, 0.1) is 14.2 Å². The largest absolute Gasteiger partial charge is 0.496 e. The van der Waals surface area contributed by atoms with Crippen LogP contribution in [0, 0.1) is 5.82 Å². The van der Waals surface area contributed by atoms with Crippen LogP contribution in [0.4, 0.5) is 4.39 Å². The van der Waals surface area contributed by atoms with Gasteiger partial charge in [0.1, 0.15) is 5.75 Å². The van der Waals surface area contributed by atoms with Crippen LogP contribution in [0.1, 0.15) is 12.0 Å². The summed E-state index contributed by atoms with van der Waals surface area (Å²) in [6.07, 6.45) is 1.08. The van der Waals surface area contributed by atoms with Crippen LogP contribution in [-0.2, 0) is 6.42 Å². The molecule has 84 valence electrons. The van der Waals surface area contributed by atoms with Crippen molar-refractivity contribution in [1.82, 2.24) is 0 Å². The smallest absolute Gasteiger partial charge is 0.165 e. The zero-order valence-electron chi connectivity index (χ0n) is 8.92. The molecule has 0 amide bonds. The molecule has 0 saturated heterocycles. The molecule has 0 unspecified atom stereocenters. The van der Waals surface area contributed by atoms with Crippen molar-refractivity contribution < 1.29 is 19.0 Å². The number of hydrogen-bond acceptors (Lipinski definition) is 3. The van der Waals surface area contributed by atoms with Crippen LogP contribution < -0.4 is 9.47 Å². The molecule has 0 aromatic heterocycles. The number of benzene rings is 1. The second kappa shape index (κ2) is 5.56. The summed E-state index contributed by atoms with van der Waals surface area (Å²) < 4.78 is 23.4. The van der Waals surface area contributed by atoms with Crippen LogP contribution in [-0.4, -0.2) is 25.9 Å². The maximum Gasteiger partial charge on any atom is 0.165 e. The van der Waals surface area contributed by atoms with E-state index in [2.05, 4.69) is 0 Å². The Morgan fingerprint density at radius 2 is 2.00 bits per heavy atom. The third kappa shape index (κ3) is 2.59. The Hall–Kier alpha value is -1.29. The van der Waals surface area contributed by atoms with E-state index >= 15 is 0 Å². The maximum absolute atomic E-state index is 13.4. The van der Waals surface area contributed by atoms with Crippen LogP contribution in [0.5, 0.6) is 11.5 Å². The van der Waals surface area contributed by atoms with E-state index in [1.807, 2.05) is 0 Å². The first-order valence-electron chi connectivity index (χ1n) is 4.74. The molecule has 0 atom stereocenters. The van der Waals surface area contributed by atoms with Crippen molar-refractivity contribution in [2.75, 3.05) is 20.8 Å². The number of ether oxygens (including phenoxy) is 2. The number of aliphatic hydroxyl groups excluding tert-OH is 1. The number of halogens is 1. The lowest BCUT2D eigenvalue weighted by Crippen LogP contribution is -2.00. The molecule has 0 aliphatic heterocycles. The predicted molar refractivity (Wildman–Crippen MR) is 54.9 cm³/mol. The highest BCUT2D eigenvalue weighted by atomic mass is 19.1. The van der Waals surface area contributed by atoms with Crippen molar-refractivity contribution in [1.29, 1.82) is 0 Å². The third-order valence-corrected chi connectivity index (χ3v) is 2.18. The summed E-state index contributed by atoms with van der Waals surface area (Å²) >= 11 is 0. The molecule has 3 nitrogen and oxygen atoms in total. The molecule has 0 fully saturated rings. The normalized spacial score (nSPS) is 10.1. The second-order valence-electron chi connectivity index (χ2n) is 3.09. The van der Waals surface area contributed by atoms with Crippen LogP contribution in [0.15, 0.2) is 12.1 Å². The first kappa shape index (κ1) is 11.8. The van der Waals surface area contributed by atoms with Gasteiger partial charge < -0.3 is 14.6 Å². The lowest BCUT2D eigenvalue weighted by molar-refractivity contribution is 0.286. The molecule has 1 N–H and O–H groups in total. The van der Waals surface area contributed by atoms with Crippen molar-refractivity contribution in [2.24, 2.45) is 0 Å². The zero-order chi connectivity index (χ0) is 11.3. The van der Waals surface area contributed by atoms with Gasteiger partial charge in [-0.1, -0.05) is 0 Å². The molecule has 4 heteroatoms. The molecular weight excluding hydrogens is 199 g/mol. The number of hydrogen-bond donors (Lipinski definition) is 1. The van der Waals surface area contributed by atoms with E-state index in [0.29, 0.717) is 24.2 Å². The Morgan fingerprint density at radius 1 is 1.27 bits per heavy atom. The first-order chi connectivity index (χ1) is 7.24. The molecule has 0 heterocycles. The molecule has 15 heavy (non-hydrogen) atoms. The molecule has 0 radical (unpaired) electrons. The van der Waals surface area contributed by atoms with Crippen molar-refractivity contribution in [2.45, 2.75) is 12.8 Å². The Balaban J connectivity index is 3.09. The highest BCUT2D eigenvalue weighted by Crippen LogP contribution is 2.32. The fourth-order valence-electron chi connectivity index (χ4n) is 1.49. The van der Waals surface area contributed by atoms with Gasteiger partial charge >= 0.3 is 0 Å². The molecule has 1 aromatic carbocycles. The molecular formula is C11H15FO3. The van der Waals surface area contributed by atoms with E-state index in [0.717, 1.165) is 0 Å².